The van der Waals surface area contributed by atoms with Gasteiger partial charge < -0.3 is 14.4 Å². The van der Waals surface area contributed by atoms with E-state index in [1.54, 1.807) is 11.8 Å². The molecule has 1 amide bonds. The van der Waals surface area contributed by atoms with Gasteiger partial charge in [0.05, 0.1) is 30.8 Å². The maximum Gasteiger partial charge on any atom is 0.233 e. The number of hydrogen-bond acceptors (Lipinski definition) is 7. The lowest BCUT2D eigenvalue weighted by Crippen LogP contribution is -2.48. The average molecular weight is 363 g/mol. The van der Waals surface area contributed by atoms with Crippen molar-refractivity contribution in [3.05, 3.63) is 24.3 Å². The van der Waals surface area contributed by atoms with Crippen LogP contribution in [0.5, 0.6) is 5.75 Å². The van der Waals surface area contributed by atoms with Gasteiger partial charge in [0.2, 0.25) is 11.1 Å². The van der Waals surface area contributed by atoms with Crippen LogP contribution in [-0.4, -0.2) is 69.2 Å². The second-order valence-electron chi connectivity index (χ2n) is 5.92. The Bertz CT molecular complexity index is 728. The quantitative estimate of drug-likeness (QED) is 0.743. The molecule has 1 aromatic heterocycles. The number of tetrazole rings is 1. The first-order chi connectivity index (χ1) is 12.1. The van der Waals surface area contributed by atoms with Gasteiger partial charge >= 0.3 is 0 Å². The fraction of sp³-hybridized carbons (Fsp3) is 0.500. The molecule has 9 heteroatoms. The van der Waals surface area contributed by atoms with Gasteiger partial charge in [0, 0.05) is 19.2 Å². The molecule has 0 saturated carbocycles. The molecule has 1 aliphatic heterocycles. The van der Waals surface area contributed by atoms with E-state index in [1.807, 2.05) is 43.0 Å². The summed E-state index contributed by atoms with van der Waals surface area (Å²) in [6.45, 7) is 5.19. The molecule has 0 radical (unpaired) electrons. The van der Waals surface area contributed by atoms with Crippen LogP contribution < -0.4 is 4.74 Å². The van der Waals surface area contributed by atoms with Gasteiger partial charge in [0.1, 0.15) is 5.75 Å². The normalized spacial score (nSPS) is 20.5. The number of carbonyl (C=O) groups is 1. The molecule has 2 heterocycles. The van der Waals surface area contributed by atoms with Gasteiger partial charge in [-0.1, -0.05) is 17.8 Å². The van der Waals surface area contributed by atoms with Crippen LogP contribution in [0.15, 0.2) is 29.4 Å². The lowest BCUT2D eigenvalue weighted by molar-refractivity contribution is -0.140. The lowest BCUT2D eigenvalue weighted by Gasteiger charge is -2.35. The zero-order valence-corrected chi connectivity index (χ0v) is 15.3. The molecule has 0 unspecified atom stereocenters. The van der Waals surface area contributed by atoms with E-state index in [0.29, 0.717) is 18.2 Å². The van der Waals surface area contributed by atoms with Crippen LogP contribution in [0.3, 0.4) is 0 Å². The minimum absolute atomic E-state index is 0.0554. The van der Waals surface area contributed by atoms with E-state index in [-0.39, 0.29) is 23.9 Å². The number of amides is 1. The smallest absolute Gasteiger partial charge is 0.233 e. The number of methoxy groups -OCH3 is 1. The number of thioether (sulfide) groups is 1. The van der Waals surface area contributed by atoms with Crippen molar-refractivity contribution in [2.24, 2.45) is 0 Å². The van der Waals surface area contributed by atoms with Crippen molar-refractivity contribution in [1.29, 1.82) is 0 Å². The number of benzene rings is 1. The lowest BCUT2D eigenvalue weighted by atomic mass is 10.2. The molecular formula is C16H21N5O3S. The molecule has 1 aliphatic rings. The second-order valence-corrected chi connectivity index (χ2v) is 6.86. The molecule has 0 spiro atoms. The largest absolute Gasteiger partial charge is 0.497 e. The maximum absolute atomic E-state index is 12.5. The van der Waals surface area contributed by atoms with E-state index in [9.17, 15) is 4.79 Å². The molecule has 25 heavy (non-hydrogen) atoms. The summed E-state index contributed by atoms with van der Waals surface area (Å²) < 4.78 is 12.5. The van der Waals surface area contributed by atoms with E-state index < -0.39 is 0 Å². The standard InChI is InChI=1S/C16H21N5O3S/c1-11-8-20(9-12(2)24-11)15(22)10-25-16-17-18-19-21(16)13-5-4-6-14(7-13)23-3/h4-7,11-12H,8-10H2,1-3H3/t11-,12-/m0/s1. The Balaban J connectivity index is 1.66. The van der Waals surface area contributed by atoms with Crippen molar-refractivity contribution in [3.63, 3.8) is 0 Å². The number of aromatic nitrogens is 4. The Morgan fingerprint density at radius 3 is 2.84 bits per heavy atom. The van der Waals surface area contributed by atoms with E-state index in [0.717, 1.165) is 11.4 Å². The van der Waals surface area contributed by atoms with E-state index in [2.05, 4.69) is 15.5 Å². The summed E-state index contributed by atoms with van der Waals surface area (Å²) in [6, 6.07) is 7.45. The molecular weight excluding hydrogens is 342 g/mol. The van der Waals surface area contributed by atoms with Gasteiger partial charge in [-0.15, -0.1) is 5.10 Å². The Morgan fingerprint density at radius 1 is 1.36 bits per heavy atom. The predicted octanol–water partition coefficient (Wildman–Crippen LogP) is 1.40. The van der Waals surface area contributed by atoms with Crippen LogP contribution in [-0.2, 0) is 9.53 Å². The van der Waals surface area contributed by atoms with Crippen molar-refractivity contribution >= 4 is 17.7 Å². The number of morpholine rings is 1. The number of hydrogen-bond donors (Lipinski definition) is 0. The SMILES string of the molecule is COc1cccc(-n2nnnc2SCC(=O)N2C[C@H](C)O[C@@H](C)C2)c1. The van der Waals surface area contributed by atoms with Gasteiger partial charge in [0.25, 0.3) is 0 Å². The van der Waals surface area contributed by atoms with E-state index in [1.165, 1.54) is 11.8 Å². The van der Waals surface area contributed by atoms with Crippen molar-refractivity contribution < 1.29 is 14.3 Å². The Morgan fingerprint density at radius 2 is 2.12 bits per heavy atom. The summed E-state index contributed by atoms with van der Waals surface area (Å²) >= 11 is 1.32. The van der Waals surface area contributed by atoms with Crippen LogP contribution >= 0.6 is 11.8 Å². The Hall–Kier alpha value is -2.13. The molecule has 1 aromatic carbocycles. The predicted molar refractivity (Wildman–Crippen MR) is 93.0 cm³/mol. The first-order valence-corrected chi connectivity index (χ1v) is 9.04. The topological polar surface area (TPSA) is 82.4 Å². The molecule has 0 bridgehead atoms. The molecule has 2 atom stereocenters. The number of nitrogens with zero attached hydrogens (tertiary/aromatic N) is 5. The monoisotopic (exact) mass is 363 g/mol. The zero-order valence-electron chi connectivity index (χ0n) is 14.5. The van der Waals surface area contributed by atoms with Crippen LogP contribution in [0.25, 0.3) is 5.69 Å². The fourth-order valence-corrected chi connectivity index (χ4v) is 3.57. The van der Waals surface area contributed by atoms with Gasteiger partial charge in [-0.05, 0) is 36.4 Å². The zero-order chi connectivity index (χ0) is 17.8. The van der Waals surface area contributed by atoms with Gasteiger partial charge in [-0.3, -0.25) is 4.79 Å². The number of ether oxygens (including phenoxy) is 2. The molecule has 2 aromatic rings. The molecule has 1 saturated heterocycles. The highest BCUT2D eigenvalue weighted by Gasteiger charge is 2.26. The van der Waals surface area contributed by atoms with Crippen LogP contribution in [0.1, 0.15) is 13.8 Å². The molecule has 8 nitrogen and oxygen atoms in total. The van der Waals surface area contributed by atoms with Crippen LogP contribution in [0.4, 0.5) is 0 Å². The third kappa shape index (κ3) is 4.29. The summed E-state index contributed by atoms with van der Waals surface area (Å²) in [5.74, 6) is 1.06. The van der Waals surface area contributed by atoms with Gasteiger partial charge in [0.15, 0.2) is 0 Å². The first-order valence-electron chi connectivity index (χ1n) is 8.05. The van der Waals surface area contributed by atoms with Crippen LogP contribution in [0.2, 0.25) is 0 Å². The summed E-state index contributed by atoms with van der Waals surface area (Å²) in [5.41, 5.74) is 0.785. The highest BCUT2D eigenvalue weighted by Crippen LogP contribution is 2.22. The first kappa shape index (κ1) is 17.7. The molecule has 3 rings (SSSR count). The van der Waals surface area contributed by atoms with E-state index >= 15 is 0 Å². The average Bonchev–Trinajstić information content (AvgIpc) is 3.07. The molecule has 134 valence electrons. The fourth-order valence-electron chi connectivity index (χ4n) is 2.77. The Kier molecular flexibility index (Phi) is 5.54. The maximum atomic E-state index is 12.5. The van der Waals surface area contributed by atoms with E-state index in [4.69, 9.17) is 9.47 Å². The number of rotatable bonds is 5. The van der Waals surface area contributed by atoms with Gasteiger partial charge in [-0.25, -0.2) is 0 Å². The minimum Gasteiger partial charge on any atom is -0.497 e. The van der Waals surface area contributed by atoms with Crippen molar-refractivity contribution in [2.75, 3.05) is 26.0 Å². The molecule has 0 aliphatic carbocycles. The Labute approximate surface area is 150 Å². The molecule has 1 fully saturated rings. The van der Waals surface area contributed by atoms with Crippen LogP contribution in [0, 0.1) is 0 Å². The number of carbonyl (C=O) groups excluding carboxylic acids is 1. The summed E-state index contributed by atoms with van der Waals surface area (Å²) in [5, 5.41) is 12.3. The third-order valence-electron chi connectivity index (χ3n) is 3.84. The van der Waals surface area contributed by atoms with Crippen molar-refractivity contribution in [3.8, 4) is 11.4 Å². The van der Waals surface area contributed by atoms with Crippen molar-refractivity contribution in [1.82, 2.24) is 25.1 Å². The second kappa shape index (κ2) is 7.83. The highest BCUT2D eigenvalue weighted by molar-refractivity contribution is 7.99. The summed E-state index contributed by atoms with van der Waals surface area (Å²) in [7, 11) is 1.61. The van der Waals surface area contributed by atoms with Gasteiger partial charge in [-0.2, -0.15) is 4.68 Å². The van der Waals surface area contributed by atoms with Crippen molar-refractivity contribution in [2.45, 2.75) is 31.2 Å². The summed E-state index contributed by atoms with van der Waals surface area (Å²) in [4.78, 5) is 14.3. The summed E-state index contributed by atoms with van der Waals surface area (Å²) in [6.07, 6.45) is 0.111. The highest BCUT2D eigenvalue weighted by atomic mass is 32.2. The molecule has 0 N–H and O–H groups in total. The third-order valence-corrected chi connectivity index (χ3v) is 4.74. The minimum atomic E-state index is 0.0554.